The predicted octanol–water partition coefficient (Wildman–Crippen LogP) is 2.46. The second kappa shape index (κ2) is 6.55. The number of nitrogens with two attached hydrogens (primary N) is 1. The van der Waals surface area contributed by atoms with Crippen molar-refractivity contribution in [1.82, 2.24) is 4.90 Å². The van der Waals surface area contributed by atoms with Gasteiger partial charge in [0.05, 0.1) is 6.42 Å². The van der Waals surface area contributed by atoms with E-state index < -0.39 is 5.82 Å². The van der Waals surface area contributed by atoms with Crippen LogP contribution in [0.5, 0.6) is 0 Å². The van der Waals surface area contributed by atoms with Gasteiger partial charge in [0, 0.05) is 23.7 Å². The Labute approximate surface area is 123 Å². The summed E-state index contributed by atoms with van der Waals surface area (Å²) in [5.41, 5.74) is 6.02. The molecule has 2 rings (SSSR count). The highest BCUT2D eigenvalue weighted by Crippen LogP contribution is 2.24. The minimum absolute atomic E-state index is 0.0111. The van der Waals surface area contributed by atoms with Crippen molar-refractivity contribution in [1.29, 1.82) is 0 Å². The highest BCUT2D eigenvalue weighted by Gasteiger charge is 2.28. The number of rotatable bonds is 3. The maximum absolute atomic E-state index is 13.7. The van der Waals surface area contributed by atoms with E-state index in [9.17, 15) is 9.18 Å². The van der Waals surface area contributed by atoms with Crippen LogP contribution in [0.2, 0.25) is 5.02 Å². The largest absolute Gasteiger partial charge is 0.342 e. The maximum Gasteiger partial charge on any atom is 0.227 e. The quantitative estimate of drug-likeness (QED) is 0.932. The van der Waals surface area contributed by atoms with E-state index in [1.165, 1.54) is 6.07 Å². The summed E-state index contributed by atoms with van der Waals surface area (Å²) in [4.78, 5) is 14.1. The normalized spacial score (nSPS) is 22.9. The first-order valence-electron chi connectivity index (χ1n) is 6.93. The van der Waals surface area contributed by atoms with Crippen LogP contribution in [0.1, 0.15) is 18.9 Å². The predicted molar refractivity (Wildman–Crippen MR) is 78.0 cm³/mol. The molecule has 3 nitrogen and oxygen atoms in total. The van der Waals surface area contributed by atoms with Gasteiger partial charge in [0.2, 0.25) is 5.91 Å². The van der Waals surface area contributed by atoms with Crippen LogP contribution in [-0.2, 0) is 11.2 Å². The third-order valence-corrected chi connectivity index (χ3v) is 4.51. The van der Waals surface area contributed by atoms with E-state index in [-0.39, 0.29) is 17.9 Å². The fourth-order valence-electron chi connectivity index (χ4n) is 2.65. The van der Waals surface area contributed by atoms with Gasteiger partial charge in [0.25, 0.3) is 0 Å². The first-order valence-corrected chi connectivity index (χ1v) is 7.31. The van der Waals surface area contributed by atoms with E-state index in [0.29, 0.717) is 36.5 Å². The van der Waals surface area contributed by atoms with Crippen LogP contribution in [0.25, 0.3) is 0 Å². The van der Waals surface area contributed by atoms with Crippen molar-refractivity contribution in [2.45, 2.75) is 19.8 Å². The van der Waals surface area contributed by atoms with Crippen LogP contribution in [0.15, 0.2) is 18.2 Å². The van der Waals surface area contributed by atoms with Gasteiger partial charge in [-0.1, -0.05) is 24.6 Å². The number of carbonyl (C=O) groups excluding carboxylic acids is 1. The molecule has 0 bridgehead atoms. The molecule has 0 aromatic heterocycles. The molecule has 1 aromatic rings. The topological polar surface area (TPSA) is 46.3 Å². The monoisotopic (exact) mass is 298 g/mol. The van der Waals surface area contributed by atoms with Gasteiger partial charge in [0.15, 0.2) is 0 Å². The second-order valence-electron chi connectivity index (χ2n) is 5.48. The number of likely N-dealkylation sites (tertiary alicyclic amines) is 1. The number of amides is 1. The minimum atomic E-state index is -0.424. The van der Waals surface area contributed by atoms with Gasteiger partial charge in [0.1, 0.15) is 5.82 Å². The van der Waals surface area contributed by atoms with Crippen molar-refractivity contribution in [3.8, 4) is 0 Å². The van der Waals surface area contributed by atoms with Crippen molar-refractivity contribution in [3.05, 3.63) is 34.6 Å². The fourth-order valence-corrected chi connectivity index (χ4v) is 2.88. The van der Waals surface area contributed by atoms with Crippen LogP contribution in [0.3, 0.4) is 0 Å². The van der Waals surface area contributed by atoms with Crippen molar-refractivity contribution in [2.24, 2.45) is 17.6 Å². The third kappa shape index (κ3) is 3.30. The fraction of sp³-hybridized carbons (Fsp3) is 0.533. The molecule has 1 amide bonds. The zero-order chi connectivity index (χ0) is 14.7. The Hall–Kier alpha value is -1.13. The molecule has 0 radical (unpaired) electrons. The summed E-state index contributed by atoms with van der Waals surface area (Å²) in [6, 6.07) is 4.47. The van der Waals surface area contributed by atoms with Gasteiger partial charge in [-0.15, -0.1) is 0 Å². The Morgan fingerprint density at radius 3 is 2.95 bits per heavy atom. The first kappa shape index (κ1) is 15.3. The molecule has 2 N–H and O–H groups in total. The molecule has 1 aromatic carbocycles. The molecule has 1 aliphatic heterocycles. The van der Waals surface area contributed by atoms with Crippen molar-refractivity contribution < 1.29 is 9.18 Å². The van der Waals surface area contributed by atoms with Crippen LogP contribution >= 0.6 is 11.6 Å². The Balaban J connectivity index is 2.05. The van der Waals surface area contributed by atoms with Gasteiger partial charge in [-0.25, -0.2) is 4.39 Å². The average molecular weight is 299 g/mol. The summed E-state index contributed by atoms with van der Waals surface area (Å²) in [6.45, 7) is 4.10. The highest BCUT2D eigenvalue weighted by molar-refractivity contribution is 6.31. The van der Waals surface area contributed by atoms with Gasteiger partial charge in [-0.05, 0) is 36.9 Å². The number of piperidine rings is 1. The molecule has 0 saturated carbocycles. The third-order valence-electron chi connectivity index (χ3n) is 4.16. The van der Waals surface area contributed by atoms with Crippen LogP contribution in [-0.4, -0.2) is 30.4 Å². The van der Waals surface area contributed by atoms with E-state index >= 15 is 0 Å². The average Bonchev–Trinajstić information content (AvgIpc) is 2.43. The molecule has 20 heavy (non-hydrogen) atoms. The minimum Gasteiger partial charge on any atom is -0.342 e. The first-order chi connectivity index (χ1) is 9.52. The van der Waals surface area contributed by atoms with Crippen LogP contribution in [0.4, 0.5) is 4.39 Å². The summed E-state index contributed by atoms with van der Waals surface area (Å²) in [5.74, 6) is 0.346. The van der Waals surface area contributed by atoms with Gasteiger partial charge in [-0.2, -0.15) is 0 Å². The van der Waals surface area contributed by atoms with Crippen molar-refractivity contribution in [2.75, 3.05) is 19.6 Å². The smallest absolute Gasteiger partial charge is 0.227 e. The standard InChI is InChI=1S/C15H20ClFN2O/c1-10-5-6-19(9-11(10)8-18)15(20)7-12-13(16)3-2-4-14(12)17/h2-4,10-11H,5-9,18H2,1H3. The van der Waals surface area contributed by atoms with E-state index in [0.717, 1.165) is 6.42 Å². The van der Waals surface area contributed by atoms with Crippen molar-refractivity contribution in [3.63, 3.8) is 0 Å². The highest BCUT2D eigenvalue weighted by atomic mass is 35.5. The maximum atomic E-state index is 13.7. The molecule has 0 aliphatic carbocycles. The summed E-state index contributed by atoms with van der Waals surface area (Å²) in [6.07, 6.45) is 0.954. The molecule has 2 atom stereocenters. The lowest BCUT2D eigenvalue weighted by atomic mass is 9.87. The molecule has 2 unspecified atom stereocenters. The number of nitrogens with zero attached hydrogens (tertiary/aromatic N) is 1. The molecule has 0 spiro atoms. The Morgan fingerprint density at radius 1 is 1.55 bits per heavy atom. The number of hydrogen-bond donors (Lipinski definition) is 1. The molecule has 110 valence electrons. The van der Waals surface area contributed by atoms with Crippen LogP contribution < -0.4 is 5.73 Å². The molecule has 1 aliphatic rings. The van der Waals surface area contributed by atoms with E-state index in [1.807, 2.05) is 0 Å². The molecular formula is C15H20ClFN2O. The summed E-state index contributed by atoms with van der Waals surface area (Å²) < 4.78 is 13.7. The Morgan fingerprint density at radius 2 is 2.30 bits per heavy atom. The molecule has 1 fully saturated rings. The summed E-state index contributed by atoms with van der Waals surface area (Å²) in [5, 5.41) is 0.305. The lowest BCUT2D eigenvalue weighted by Crippen LogP contribution is -2.46. The van der Waals surface area contributed by atoms with Gasteiger partial charge >= 0.3 is 0 Å². The summed E-state index contributed by atoms with van der Waals surface area (Å²) >= 11 is 5.96. The number of benzene rings is 1. The second-order valence-corrected chi connectivity index (χ2v) is 5.89. The number of hydrogen-bond acceptors (Lipinski definition) is 2. The summed E-state index contributed by atoms with van der Waals surface area (Å²) in [7, 11) is 0. The zero-order valence-electron chi connectivity index (χ0n) is 11.6. The van der Waals surface area contributed by atoms with E-state index in [4.69, 9.17) is 17.3 Å². The number of halogens is 2. The van der Waals surface area contributed by atoms with Crippen LogP contribution in [0, 0.1) is 17.7 Å². The lowest BCUT2D eigenvalue weighted by molar-refractivity contribution is -0.132. The van der Waals surface area contributed by atoms with Gasteiger partial charge < -0.3 is 10.6 Å². The Kier molecular flexibility index (Phi) is 5.00. The molecule has 1 saturated heterocycles. The SMILES string of the molecule is CC1CCN(C(=O)Cc2c(F)cccc2Cl)CC1CN. The number of carbonyl (C=O) groups is 1. The molecule has 5 heteroatoms. The van der Waals surface area contributed by atoms with E-state index in [2.05, 4.69) is 6.92 Å². The Bertz CT molecular complexity index is 475. The van der Waals surface area contributed by atoms with Gasteiger partial charge in [-0.3, -0.25) is 4.79 Å². The molecule has 1 heterocycles. The lowest BCUT2D eigenvalue weighted by Gasteiger charge is -2.36. The van der Waals surface area contributed by atoms with E-state index in [1.54, 1.807) is 17.0 Å². The zero-order valence-corrected chi connectivity index (χ0v) is 12.4. The molecular weight excluding hydrogens is 279 g/mol. The van der Waals surface area contributed by atoms with Crippen molar-refractivity contribution >= 4 is 17.5 Å².